The Kier molecular flexibility index (Phi) is 2.57. The number of nitrogens with two attached hydrogens (primary N) is 1. The van der Waals surface area contributed by atoms with Crippen LogP contribution in [-0.2, 0) is 4.79 Å². The van der Waals surface area contributed by atoms with Gasteiger partial charge in [-0.1, -0.05) is 27.7 Å². The average Bonchev–Trinajstić information content (AvgIpc) is 3.01. The van der Waals surface area contributed by atoms with Crippen molar-refractivity contribution in [3.05, 3.63) is 0 Å². The van der Waals surface area contributed by atoms with Gasteiger partial charge in [0, 0.05) is 18.5 Å². The van der Waals surface area contributed by atoms with Crippen LogP contribution in [0.5, 0.6) is 0 Å². The maximum Gasteiger partial charge on any atom is 0.221 e. The normalized spacial score (nSPS) is 28.6. The molecular formula is C13H24N2O. The van der Waals surface area contributed by atoms with Crippen LogP contribution in [0.1, 0.15) is 47.0 Å². The zero-order valence-corrected chi connectivity index (χ0v) is 10.8. The molecule has 0 aromatic rings. The maximum absolute atomic E-state index is 11.8. The first kappa shape index (κ1) is 11.9. The predicted octanol–water partition coefficient (Wildman–Crippen LogP) is 1.66. The second-order valence-electron chi connectivity index (χ2n) is 6.65. The second kappa shape index (κ2) is 3.46. The Morgan fingerprint density at radius 1 is 1.31 bits per heavy atom. The molecule has 0 bridgehead atoms. The zero-order chi connectivity index (χ0) is 12.1. The van der Waals surface area contributed by atoms with Crippen LogP contribution >= 0.6 is 0 Å². The summed E-state index contributed by atoms with van der Waals surface area (Å²) in [5.74, 6) is 0.731. The van der Waals surface area contributed by atoms with E-state index in [4.69, 9.17) is 5.73 Å². The third-order valence-electron chi connectivity index (χ3n) is 4.97. The van der Waals surface area contributed by atoms with E-state index in [-0.39, 0.29) is 22.8 Å². The molecule has 2 aliphatic carbocycles. The van der Waals surface area contributed by atoms with Crippen LogP contribution in [0.2, 0.25) is 0 Å². The summed E-state index contributed by atoms with van der Waals surface area (Å²) in [6.45, 7) is 8.83. The number of hydrogen-bond acceptors (Lipinski definition) is 2. The molecule has 0 spiro atoms. The molecule has 1 unspecified atom stereocenters. The van der Waals surface area contributed by atoms with Gasteiger partial charge in [0.1, 0.15) is 0 Å². The summed E-state index contributed by atoms with van der Waals surface area (Å²) in [7, 11) is 0. The SMILES string of the molecule is CC1(C)C(NC(=O)CC(N)C2CC2)C1(C)C. The summed E-state index contributed by atoms with van der Waals surface area (Å²) in [6, 6.07) is 0.379. The fraction of sp³-hybridized carbons (Fsp3) is 0.923. The topological polar surface area (TPSA) is 55.1 Å². The Balaban J connectivity index is 1.80. The molecule has 2 rings (SSSR count). The molecular weight excluding hydrogens is 200 g/mol. The van der Waals surface area contributed by atoms with Crippen molar-refractivity contribution in [2.45, 2.75) is 59.0 Å². The summed E-state index contributed by atoms with van der Waals surface area (Å²) < 4.78 is 0. The molecule has 3 N–H and O–H groups in total. The van der Waals surface area contributed by atoms with E-state index in [1.165, 1.54) is 12.8 Å². The van der Waals surface area contributed by atoms with Gasteiger partial charge >= 0.3 is 0 Å². The van der Waals surface area contributed by atoms with Crippen molar-refractivity contribution in [2.24, 2.45) is 22.5 Å². The average molecular weight is 224 g/mol. The third kappa shape index (κ3) is 1.86. The first-order valence-electron chi connectivity index (χ1n) is 6.32. The minimum absolute atomic E-state index is 0.0741. The number of amides is 1. The molecule has 0 radical (unpaired) electrons. The molecule has 2 saturated carbocycles. The van der Waals surface area contributed by atoms with Crippen LogP contribution in [0, 0.1) is 16.7 Å². The van der Waals surface area contributed by atoms with Crippen LogP contribution in [0.15, 0.2) is 0 Å². The van der Waals surface area contributed by atoms with Crippen molar-refractivity contribution in [1.82, 2.24) is 5.32 Å². The fourth-order valence-corrected chi connectivity index (χ4v) is 2.68. The Labute approximate surface area is 98.2 Å². The van der Waals surface area contributed by atoms with E-state index in [1.54, 1.807) is 0 Å². The van der Waals surface area contributed by atoms with Gasteiger partial charge in [0.25, 0.3) is 0 Å². The quantitative estimate of drug-likeness (QED) is 0.763. The fourth-order valence-electron chi connectivity index (χ4n) is 2.68. The number of hydrogen-bond donors (Lipinski definition) is 2. The van der Waals surface area contributed by atoms with E-state index in [0.717, 1.165) is 0 Å². The standard InChI is InChI=1S/C13H24N2O/c1-12(2)11(13(12,3)4)15-10(16)7-9(14)8-5-6-8/h8-9,11H,5-7,14H2,1-4H3,(H,15,16). The Hall–Kier alpha value is -0.570. The monoisotopic (exact) mass is 224 g/mol. The van der Waals surface area contributed by atoms with Gasteiger partial charge < -0.3 is 11.1 Å². The predicted molar refractivity (Wildman–Crippen MR) is 64.8 cm³/mol. The second-order valence-corrected chi connectivity index (χ2v) is 6.65. The molecule has 0 aromatic heterocycles. The molecule has 1 atom stereocenters. The lowest BCUT2D eigenvalue weighted by Crippen LogP contribution is -2.36. The molecule has 2 aliphatic rings. The highest BCUT2D eigenvalue weighted by molar-refractivity contribution is 5.77. The molecule has 3 nitrogen and oxygen atoms in total. The largest absolute Gasteiger partial charge is 0.352 e. The van der Waals surface area contributed by atoms with Crippen LogP contribution in [0.3, 0.4) is 0 Å². The van der Waals surface area contributed by atoms with E-state index in [2.05, 4.69) is 33.0 Å². The van der Waals surface area contributed by atoms with Crippen LogP contribution in [-0.4, -0.2) is 18.0 Å². The van der Waals surface area contributed by atoms with Gasteiger partial charge in [0.2, 0.25) is 5.91 Å². The zero-order valence-electron chi connectivity index (χ0n) is 10.8. The van der Waals surface area contributed by atoms with Crippen molar-refractivity contribution >= 4 is 5.91 Å². The summed E-state index contributed by atoms with van der Waals surface area (Å²) in [4.78, 5) is 11.8. The molecule has 0 aromatic carbocycles. The van der Waals surface area contributed by atoms with Crippen molar-refractivity contribution < 1.29 is 4.79 Å². The van der Waals surface area contributed by atoms with E-state index in [0.29, 0.717) is 18.4 Å². The molecule has 92 valence electrons. The van der Waals surface area contributed by atoms with Gasteiger partial charge in [-0.2, -0.15) is 0 Å². The van der Waals surface area contributed by atoms with Crippen molar-refractivity contribution in [2.75, 3.05) is 0 Å². The highest BCUT2D eigenvalue weighted by Crippen LogP contribution is 2.62. The highest BCUT2D eigenvalue weighted by atomic mass is 16.1. The molecule has 1 amide bonds. The van der Waals surface area contributed by atoms with Crippen molar-refractivity contribution in [3.8, 4) is 0 Å². The van der Waals surface area contributed by atoms with Gasteiger partial charge in [-0.15, -0.1) is 0 Å². The first-order chi connectivity index (χ1) is 7.26. The van der Waals surface area contributed by atoms with Crippen LogP contribution in [0.25, 0.3) is 0 Å². The van der Waals surface area contributed by atoms with Crippen LogP contribution in [0.4, 0.5) is 0 Å². The van der Waals surface area contributed by atoms with Gasteiger partial charge in [0.15, 0.2) is 0 Å². The van der Waals surface area contributed by atoms with Gasteiger partial charge in [-0.3, -0.25) is 4.79 Å². The van der Waals surface area contributed by atoms with E-state index < -0.39 is 0 Å². The number of carbonyl (C=O) groups excluding carboxylic acids is 1. The highest BCUT2D eigenvalue weighted by Gasteiger charge is 2.65. The van der Waals surface area contributed by atoms with E-state index in [1.807, 2.05) is 0 Å². The Bertz CT molecular complexity index is 291. The van der Waals surface area contributed by atoms with E-state index in [9.17, 15) is 4.79 Å². The lowest BCUT2D eigenvalue weighted by Gasteiger charge is -2.11. The number of carbonyl (C=O) groups is 1. The lowest BCUT2D eigenvalue weighted by molar-refractivity contribution is -0.121. The molecule has 0 aliphatic heterocycles. The third-order valence-corrected chi connectivity index (χ3v) is 4.97. The summed E-state index contributed by atoms with van der Waals surface area (Å²) >= 11 is 0. The van der Waals surface area contributed by atoms with Gasteiger partial charge in [-0.05, 0) is 29.6 Å². The Morgan fingerprint density at radius 2 is 1.81 bits per heavy atom. The van der Waals surface area contributed by atoms with Gasteiger partial charge in [0.05, 0.1) is 0 Å². The summed E-state index contributed by atoms with van der Waals surface area (Å²) in [6.07, 6.45) is 2.90. The molecule has 0 saturated heterocycles. The van der Waals surface area contributed by atoms with Gasteiger partial charge in [-0.25, -0.2) is 0 Å². The first-order valence-corrected chi connectivity index (χ1v) is 6.32. The molecule has 16 heavy (non-hydrogen) atoms. The van der Waals surface area contributed by atoms with Crippen molar-refractivity contribution in [3.63, 3.8) is 0 Å². The number of rotatable bonds is 4. The molecule has 2 fully saturated rings. The lowest BCUT2D eigenvalue weighted by atomic mass is 10.0. The van der Waals surface area contributed by atoms with E-state index >= 15 is 0 Å². The van der Waals surface area contributed by atoms with Crippen LogP contribution < -0.4 is 11.1 Å². The van der Waals surface area contributed by atoms with Crippen molar-refractivity contribution in [1.29, 1.82) is 0 Å². The Morgan fingerprint density at radius 3 is 2.19 bits per heavy atom. The molecule has 3 heteroatoms. The smallest absolute Gasteiger partial charge is 0.221 e. The molecule has 0 heterocycles. The summed E-state index contributed by atoms with van der Waals surface area (Å²) in [5.41, 5.74) is 6.38. The maximum atomic E-state index is 11.8. The minimum Gasteiger partial charge on any atom is -0.352 e. The number of nitrogens with one attached hydrogen (secondary N) is 1. The minimum atomic E-state index is 0.0741. The summed E-state index contributed by atoms with van der Waals surface area (Å²) in [5, 5.41) is 3.13.